The molecule has 1 saturated heterocycles. The Kier molecular flexibility index (Phi) is 2.65. The van der Waals surface area contributed by atoms with Crippen LogP contribution in [0.15, 0.2) is 4.42 Å². The van der Waals surface area contributed by atoms with Crippen LogP contribution in [0.1, 0.15) is 37.0 Å². The van der Waals surface area contributed by atoms with Crippen molar-refractivity contribution in [2.45, 2.75) is 31.7 Å². The largest absolute Gasteiger partial charge is 0.424 e. The van der Waals surface area contributed by atoms with Gasteiger partial charge in [-0.3, -0.25) is 4.90 Å². The molecule has 88 valence electrons. The number of nitrogens with zero attached hydrogens (tertiary/aromatic N) is 3. The first kappa shape index (κ1) is 10.2. The van der Waals surface area contributed by atoms with E-state index in [1.54, 1.807) is 0 Å². The number of rotatable bonds is 4. The van der Waals surface area contributed by atoms with Crippen molar-refractivity contribution in [3.8, 4) is 0 Å². The highest BCUT2D eigenvalue weighted by atomic mass is 16.4. The van der Waals surface area contributed by atoms with Crippen LogP contribution in [-0.4, -0.2) is 39.9 Å². The molecule has 5 heteroatoms. The highest BCUT2D eigenvalue weighted by Crippen LogP contribution is 2.39. The molecule has 2 aliphatic rings. The van der Waals surface area contributed by atoms with Gasteiger partial charge in [0.2, 0.25) is 11.8 Å². The fraction of sp³-hybridized carbons (Fsp3) is 0.818. The summed E-state index contributed by atoms with van der Waals surface area (Å²) >= 11 is 0. The topological polar surface area (TPSA) is 62.4 Å². The van der Waals surface area contributed by atoms with E-state index in [1.165, 1.54) is 12.8 Å². The number of hydrogen-bond acceptors (Lipinski definition) is 5. The molecule has 1 aliphatic carbocycles. The lowest BCUT2D eigenvalue weighted by Crippen LogP contribution is -2.21. The van der Waals surface area contributed by atoms with Gasteiger partial charge in [0, 0.05) is 19.1 Å². The van der Waals surface area contributed by atoms with Gasteiger partial charge in [-0.2, -0.15) is 0 Å². The second-order valence-corrected chi connectivity index (χ2v) is 4.88. The number of aromatic nitrogens is 2. The van der Waals surface area contributed by atoms with E-state index < -0.39 is 0 Å². The van der Waals surface area contributed by atoms with Crippen LogP contribution in [0.2, 0.25) is 0 Å². The van der Waals surface area contributed by atoms with E-state index >= 15 is 0 Å². The van der Waals surface area contributed by atoms with Gasteiger partial charge in [-0.25, -0.2) is 0 Å². The molecule has 1 aliphatic heterocycles. The van der Waals surface area contributed by atoms with Crippen LogP contribution in [-0.2, 0) is 6.54 Å². The molecule has 2 fully saturated rings. The summed E-state index contributed by atoms with van der Waals surface area (Å²) in [6, 6.07) is 0. The SMILES string of the molecule is OCC1CCN(Cc2nnc(C3CC3)o2)C1. The molecule has 0 spiro atoms. The minimum atomic E-state index is 0.285. The van der Waals surface area contributed by atoms with Gasteiger partial charge in [-0.05, 0) is 31.7 Å². The van der Waals surface area contributed by atoms with E-state index in [9.17, 15) is 0 Å². The van der Waals surface area contributed by atoms with Crippen LogP contribution >= 0.6 is 0 Å². The first-order chi connectivity index (χ1) is 7.85. The second kappa shape index (κ2) is 4.14. The van der Waals surface area contributed by atoms with Crippen molar-refractivity contribution >= 4 is 0 Å². The molecule has 2 heterocycles. The fourth-order valence-electron chi connectivity index (χ4n) is 2.22. The summed E-state index contributed by atoms with van der Waals surface area (Å²) in [7, 11) is 0. The Morgan fingerprint density at radius 3 is 2.88 bits per heavy atom. The van der Waals surface area contributed by atoms with Crippen LogP contribution in [0.25, 0.3) is 0 Å². The van der Waals surface area contributed by atoms with Gasteiger partial charge in [0.1, 0.15) is 0 Å². The van der Waals surface area contributed by atoms with Crippen molar-refractivity contribution in [3.63, 3.8) is 0 Å². The lowest BCUT2D eigenvalue weighted by atomic mass is 10.1. The van der Waals surface area contributed by atoms with Gasteiger partial charge in [-0.15, -0.1) is 10.2 Å². The molecular formula is C11H17N3O2. The standard InChI is InChI=1S/C11H17N3O2/c15-7-8-3-4-14(5-8)6-10-12-13-11(16-10)9-1-2-9/h8-9,15H,1-7H2. The third kappa shape index (κ3) is 2.10. The van der Waals surface area contributed by atoms with Crippen LogP contribution < -0.4 is 0 Å². The molecule has 16 heavy (non-hydrogen) atoms. The summed E-state index contributed by atoms with van der Waals surface area (Å²) < 4.78 is 5.61. The zero-order chi connectivity index (χ0) is 11.0. The Morgan fingerprint density at radius 2 is 2.19 bits per heavy atom. The van der Waals surface area contributed by atoms with Crippen LogP contribution in [0.5, 0.6) is 0 Å². The number of aliphatic hydroxyl groups is 1. The molecule has 1 N–H and O–H groups in total. The number of aliphatic hydroxyl groups excluding tert-OH is 1. The van der Waals surface area contributed by atoms with Crippen molar-refractivity contribution in [1.29, 1.82) is 0 Å². The summed E-state index contributed by atoms with van der Waals surface area (Å²) in [5.74, 6) is 2.49. The molecular weight excluding hydrogens is 206 g/mol. The molecule has 0 radical (unpaired) electrons. The Bertz CT molecular complexity index is 362. The highest BCUT2D eigenvalue weighted by Gasteiger charge is 2.30. The van der Waals surface area contributed by atoms with Gasteiger partial charge in [-0.1, -0.05) is 0 Å². The molecule has 1 saturated carbocycles. The first-order valence-electron chi connectivity index (χ1n) is 6.00. The Hall–Kier alpha value is -0.940. The van der Waals surface area contributed by atoms with Gasteiger partial charge >= 0.3 is 0 Å². The lowest BCUT2D eigenvalue weighted by Gasteiger charge is -2.11. The average Bonchev–Trinajstić information content (AvgIpc) is 2.88. The molecule has 0 amide bonds. The van der Waals surface area contributed by atoms with Gasteiger partial charge in [0.05, 0.1) is 6.54 Å². The van der Waals surface area contributed by atoms with Gasteiger partial charge in [0.15, 0.2) is 0 Å². The lowest BCUT2D eigenvalue weighted by molar-refractivity contribution is 0.214. The van der Waals surface area contributed by atoms with Crippen molar-refractivity contribution in [3.05, 3.63) is 11.8 Å². The summed E-state index contributed by atoms with van der Waals surface area (Å²) in [6.07, 6.45) is 3.45. The molecule has 0 aromatic carbocycles. The summed E-state index contributed by atoms with van der Waals surface area (Å²) in [4.78, 5) is 2.27. The predicted octanol–water partition coefficient (Wildman–Crippen LogP) is 0.761. The third-order valence-corrected chi connectivity index (χ3v) is 3.40. The monoisotopic (exact) mass is 223 g/mol. The van der Waals surface area contributed by atoms with Gasteiger partial charge in [0.25, 0.3) is 0 Å². The first-order valence-corrected chi connectivity index (χ1v) is 6.00. The molecule has 0 bridgehead atoms. The van der Waals surface area contributed by atoms with E-state index in [1.807, 2.05) is 0 Å². The summed E-state index contributed by atoms with van der Waals surface area (Å²) in [5, 5.41) is 17.2. The maximum Gasteiger partial charge on any atom is 0.230 e. The fourth-order valence-corrected chi connectivity index (χ4v) is 2.22. The van der Waals surface area contributed by atoms with Crippen molar-refractivity contribution in [2.24, 2.45) is 5.92 Å². The van der Waals surface area contributed by atoms with Crippen molar-refractivity contribution in [2.75, 3.05) is 19.7 Å². The summed E-state index contributed by atoms with van der Waals surface area (Å²) in [5.41, 5.74) is 0. The minimum Gasteiger partial charge on any atom is -0.424 e. The molecule has 1 unspecified atom stereocenters. The van der Waals surface area contributed by atoms with E-state index in [4.69, 9.17) is 9.52 Å². The highest BCUT2D eigenvalue weighted by molar-refractivity contribution is 5.00. The van der Waals surface area contributed by atoms with Crippen LogP contribution in [0.3, 0.4) is 0 Å². The Labute approximate surface area is 94.5 Å². The summed E-state index contributed by atoms with van der Waals surface area (Å²) in [6.45, 7) is 2.98. The molecule has 3 rings (SSSR count). The zero-order valence-electron chi connectivity index (χ0n) is 9.30. The maximum absolute atomic E-state index is 9.06. The number of likely N-dealkylation sites (tertiary alicyclic amines) is 1. The van der Waals surface area contributed by atoms with E-state index in [-0.39, 0.29) is 6.61 Å². The number of hydrogen-bond donors (Lipinski definition) is 1. The molecule has 1 aromatic heterocycles. The molecule has 1 atom stereocenters. The second-order valence-electron chi connectivity index (χ2n) is 4.88. The van der Waals surface area contributed by atoms with Crippen LogP contribution in [0.4, 0.5) is 0 Å². The average molecular weight is 223 g/mol. The third-order valence-electron chi connectivity index (χ3n) is 3.40. The Balaban J connectivity index is 1.57. The van der Waals surface area contributed by atoms with Gasteiger partial charge < -0.3 is 9.52 Å². The van der Waals surface area contributed by atoms with Crippen molar-refractivity contribution < 1.29 is 9.52 Å². The van der Waals surface area contributed by atoms with E-state index in [2.05, 4.69) is 15.1 Å². The quantitative estimate of drug-likeness (QED) is 0.816. The predicted molar refractivity (Wildman–Crippen MR) is 56.7 cm³/mol. The van der Waals surface area contributed by atoms with E-state index in [0.29, 0.717) is 11.8 Å². The van der Waals surface area contributed by atoms with Crippen molar-refractivity contribution in [1.82, 2.24) is 15.1 Å². The zero-order valence-corrected chi connectivity index (χ0v) is 9.30. The molecule has 5 nitrogen and oxygen atoms in total. The minimum absolute atomic E-state index is 0.285. The van der Waals surface area contributed by atoms with Crippen LogP contribution in [0, 0.1) is 5.92 Å². The molecule has 1 aromatic rings. The Morgan fingerprint density at radius 1 is 1.31 bits per heavy atom. The normalized spacial score (nSPS) is 26.4. The van der Waals surface area contributed by atoms with E-state index in [0.717, 1.165) is 37.8 Å². The smallest absolute Gasteiger partial charge is 0.230 e. The maximum atomic E-state index is 9.06.